The fourth-order valence-electron chi connectivity index (χ4n) is 2.53. The lowest BCUT2D eigenvalue weighted by Crippen LogP contribution is -2.48. The van der Waals surface area contributed by atoms with Crippen LogP contribution in [0.5, 0.6) is 0 Å². The molecule has 0 radical (unpaired) electrons. The second-order valence-electron chi connectivity index (χ2n) is 5.47. The number of carbonyl (C=O) groups excluding carboxylic acids is 1. The van der Waals surface area contributed by atoms with Crippen molar-refractivity contribution in [1.82, 2.24) is 9.88 Å². The van der Waals surface area contributed by atoms with Crippen LogP contribution in [0.25, 0.3) is 6.08 Å². The number of hydrogen-bond acceptors (Lipinski definition) is 6. The largest absolute Gasteiger partial charge is 0.478 e. The molecule has 1 amide bonds. The Bertz CT molecular complexity index is 642. The van der Waals surface area contributed by atoms with Crippen LogP contribution in [0.3, 0.4) is 0 Å². The maximum absolute atomic E-state index is 11.4. The number of carbonyl (C=O) groups is 2. The van der Waals surface area contributed by atoms with Gasteiger partial charge in [0.25, 0.3) is 6.71 Å². The summed E-state index contributed by atoms with van der Waals surface area (Å²) in [5, 5.41) is 19.9. The van der Waals surface area contributed by atoms with E-state index in [-0.39, 0.29) is 12.8 Å². The van der Waals surface area contributed by atoms with E-state index in [0.717, 1.165) is 31.7 Å². The van der Waals surface area contributed by atoms with E-state index in [9.17, 15) is 9.59 Å². The molecule has 1 aliphatic rings. The Morgan fingerprint density at radius 1 is 1.74 bits per heavy atom. The number of nitrogens with zero attached hydrogens (tertiary/aromatic N) is 4. The molecule has 2 rings (SSSR count). The van der Waals surface area contributed by atoms with Crippen LogP contribution >= 0.6 is 11.3 Å². The van der Waals surface area contributed by atoms with E-state index in [0.29, 0.717) is 17.4 Å². The summed E-state index contributed by atoms with van der Waals surface area (Å²) in [6, 6.07) is 0.112. The van der Waals surface area contributed by atoms with Crippen molar-refractivity contribution in [2.24, 2.45) is 0 Å². The molecule has 1 aliphatic heterocycles. The zero-order valence-corrected chi connectivity index (χ0v) is 13.6. The summed E-state index contributed by atoms with van der Waals surface area (Å²) in [6.45, 7) is 1.32. The highest BCUT2D eigenvalue weighted by molar-refractivity contribution is 7.14. The number of nitriles is 1. The lowest BCUT2D eigenvalue weighted by atomic mass is 9.43. The third-order valence-electron chi connectivity index (χ3n) is 3.88. The number of carboxylic acid groups (broad SMARTS) is 1. The van der Waals surface area contributed by atoms with Gasteiger partial charge in [0.2, 0.25) is 6.41 Å². The van der Waals surface area contributed by atoms with Crippen molar-refractivity contribution in [3.8, 4) is 5.97 Å². The number of aliphatic carboxylic acids is 1. The van der Waals surface area contributed by atoms with Gasteiger partial charge in [0.1, 0.15) is 0 Å². The van der Waals surface area contributed by atoms with Gasteiger partial charge in [-0.05, 0) is 32.3 Å². The molecule has 1 fully saturated rings. The van der Waals surface area contributed by atoms with Crippen LogP contribution in [0, 0.1) is 11.2 Å². The van der Waals surface area contributed by atoms with Crippen molar-refractivity contribution < 1.29 is 14.7 Å². The molecular weight excluding hydrogens is 315 g/mol. The fourth-order valence-corrected chi connectivity index (χ4v) is 3.30. The van der Waals surface area contributed by atoms with Crippen LogP contribution in [-0.4, -0.2) is 60.3 Å². The van der Waals surface area contributed by atoms with Gasteiger partial charge in [-0.25, -0.2) is 15.0 Å². The van der Waals surface area contributed by atoms with Crippen molar-refractivity contribution in [2.75, 3.05) is 25.0 Å². The number of thiazole rings is 1. The van der Waals surface area contributed by atoms with Gasteiger partial charge >= 0.3 is 5.97 Å². The highest BCUT2D eigenvalue weighted by atomic mass is 32.1. The van der Waals surface area contributed by atoms with E-state index in [1.807, 2.05) is 7.05 Å². The summed E-state index contributed by atoms with van der Waals surface area (Å²) in [6.07, 6.45) is 4.72. The molecule has 1 aromatic heterocycles. The minimum Gasteiger partial charge on any atom is -0.478 e. The van der Waals surface area contributed by atoms with Crippen molar-refractivity contribution in [1.29, 1.82) is 5.26 Å². The third kappa shape index (κ3) is 4.64. The molecule has 7 nitrogen and oxygen atoms in total. The third-order valence-corrected chi connectivity index (χ3v) is 4.78. The minimum absolute atomic E-state index is 0.0232. The van der Waals surface area contributed by atoms with Gasteiger partial charge in [-0.2, -0.15) is 0 Å². The van der Waals surface area contributed by atoms with E-state index in [1.54, 1.807) is 5.38 Å². The number of carboxylic acids is 1. The van der Waals surface area contributed by atoms with Gasteiger partial charge in [0, 0.05) is 30.0 Å². The highest BCUT2D eigenvalue weighted by Gasteiger charge is 2.30. The Morgan fingerprint density at radius 2 is 2.52 bits per heavy atom. The number of amides is 1. The molecule has 1 saturated heterocycles. The quantitative estimate of drug-likeness (QED) is 0.475. The van der Waals surface area contributed by atoms with Crippen LogP contribution in [0.1, 0.15) is 5.69 Å². The number of aromatic nitrogens is 1. The molecule has 120 valence electrons. The molecule has 0 aromatic carbocycles. The lowest BCUT2D eigenvalue weighted by molar-refractivity contribution is -0.131. The summed E-state index contributed by atoms with van der Waals surface area (Å²) in [7, 11) is 1.99. The Labute approximate surface area is 138 Å². The first kappa shape index (κ1) is 17.2. The fraction of sp³-hybridized carbons (Fsp3) is 0.429. The van der Waals surface area contributed by atoms with Crippen molar-refractivity contribution in [3.63, 3.8) is 0 Å². The lowest BCUT2D eigenvalue weighted by Gasteiger charge is -2.35. The Hall–Kier alpha value is -2.18. The van der Waals surface area contributed by atoms with E-state index < -0.39 is 5.97 Å². The average Bonchev–Trinajstić information content (AvgIpc) is 3.01. The second kappa shape index (κ2) is 7.90. The topological polar surface area (TPSA) is 97.5 Å². The maximum Gasteiger partial charge on any atom is 0.328 e. The molecule has 0 spiro atoms. The first-order valence-electron chi connectivity index (χ1n) is 7.21. The van der Waals surface area contributed by atoms with E-state index >= 15 is 0 Å². The van der Waals surface area contributed by atoms with Crippen molar-refractivity contribution in [3.05, 3.63) is 17.2 Å². The first-order chi connectivity index (χ1) is 11.0. The molecule has 23 heavy (non-hydrogen) atoms. The standard InChI is InChI=1S/C14H17BN4O3S/c1-18-5-4-15(9-16)6-12(18)7-19(10-20)14-17-11(8-23-14)2-3-13(21)22/h2-3,8,10,12H,4-7H2,1H3,(H,21,22)/b3-2+. The molecule has 0 saturated carbocycles. The van der Waals surface area contributed by atoms with E-state index in [1.165, 1.54) is 22.3 Å². The normalized spacial score (nSPS) is 18.8. The van der Waals surface area contributed by atoms with E-state index in [4.69, 9.17) is 10.4 Å². The van der Waals surface area contributed by atoms with Crippen LogP contribution in [0.2, 0.25) is 12.6 Å². The Kier molecular flexibility index (Phi) is 5.90. The summed E-state index contributed by atoms with van der Waals surface area (Å²) in [4.78, 5) is 29.9. The summed E-state index contributed by atoms with van der Waals surface area (Å²) in [5.74, 6) is 1.26. The van der Waals surface area contributed by atoms with Gasteiger partial charge < -0.3 is 10.0 Å². The van der Waals surface area contributed by atoms with E-state index in [2.05, 4.69) is 15.9 Å². The van der Waals surface area contributed by atoms with Gasteiger partial charge in [0.05, 0.1) is 5.69 Å². The monoisotopic (exact) mass is 332 g/mol. The molecule has 0 bridgehead atoms. The van der Waals surface area contributed by atoms with Gasteiger partial charge in [-0.1, -0.05) is 0 Å². The summed E-state index contributed by atoms with van der Waals surface area (Å²) < 4.78 is 0. The van der Waals surface area contributed by atoms with Crippen LogP contribution in [0.15, 0.2) is 11.5 Å². The molecule has 1 aromatic rings. The second-order valence-corrected chi connectivity index (χ2v) is 6.31. The number of hydrogen-bond donors (Lipinski definition) is 1. The Morgan fingerprint density at radius 3 is 3.17 bits per heavy atom. The summed E-state index contributed by atoms with van der Waals surface area (Å²) in [5.41, 5.74) is 0.506. The van der Waals surface area contributed by atoms with Gasteiger partial charge in [-0.15, -0.1) is 11.3 Å². The molecule has 1 atom stereocenters. The predicted molar refractivity (Wildman–Crippen MR) is 89.6 cm³/mol. The van der Waals surface area contributed by atoms with Crippen LogP contribution in [-0.2, 0) is 9.59 Å². The van der Waals surface area contributed by atoms with Gasteiger partial charge in [-0.3, -0.25) is 9.69 Å². The molecule has 2 heterocycles. The summed E-state index contributed by atoms with van der Waals surface area (Å²) >= 11 is 1.29. The first-order valence-corrected chi connectivity index (χ1v) is 8.09. The van der Waals surface area contributed by atoms with Crippen LogP contribution < -0.4 is 4.90 Å². The molecule has 9 heteroatoms. The molecule has 1 unspecified atom stereocenters. The highest BCUT2D eigenvalue weighted by Crippen LogP contribution is 2.23. The van der Waals surface area contributed by atoms with Crippen LogP contribution in [0.4, 0.5) is 5.13 Å². The van der Waals surface area contributed by atoms with Crippen molar-refractivity contribution >= 4 is 41.6 Å². The smallest absolute Gasteiger partial charge is 0.328 e. The number of rotatable bonds is 6. The molecule has 0 aliphatic carbocycles. The van der Waals surface area contributed by atoms with Gasteiger partial charge in [0.15, 0.2) is 5.13 Å². The molecule has 1 N–H and O–H groups in total. The zero-order chi connectivity index (χ0) is 16.8. The maximum atomic E-state index is 11.4. The van der Waals surface area contributed by atoms with Crippen molar-refractivity contribution in [2.45, 2.75) is 18.7 Å². The average molecular weight is 332 g/mol. The minimum atomic E-state index is -1.04. The number of anilines is 1. The zero-order valence-electron chi connectivity index (χ0n) is 12.8. The Balaban J connectivity index is 2.06. The SMILES string of the molecule is CN1CCB(C#N)CC1CN(C=O)c1nc(/C=C/C(=O)O)cs1. The predicted octanol–water partition coefficient (Wildman–Crippen LogP) is 1.08. The molecular formula is C14H17BN4O3S. The number of likely N-dealkylation sites (N-methyl/N-ethyl adjacent to an activating group) is 1.